The lowest BCUT2D eigenvalue weighted by Crippen LogP contribution is -2.39. The summed E-state index contributed by atoms with van der Waals surface area (Å²) in [6.45, 7) is 11.9. The summed E-state index contributed by atoms with van der Waals surface area (Å²) >= 11 is 0. The monoisotopic (exact) mass is 626 g/mol. The molecule has 0 spiro atoms. The van der Waals surface area contributed by atoms with Crippen LogP contribution in [0.3, 0.4) is 0 Å². The van der Waals surface area contributed by atoms with E-state index >= 15 is 0 Å². The molecule has 2 atom stereocenters. The topological polar surface area (TPSA) is 114 Å². The van der Waals surface area contributed by atoms with E-state index in [1.54, 1.807) is 50.4 Å². The van der Waals surface area contributed by atoms with E-state index < -0.39 is 11.4 Å². The summed E-state index contributed by atoms with van der Waals surface area (Å²) in [7, 11) is 1.62. The lowest BCUT2D eigenvalue weighted by atomic mass is 9.95. The van der Waals surface area contributed by atoms with Crippen molar-refractivity contribution in [3.63, 3.8) is 0 Å². The summed E-state index contributed by atoms with van der Waals surface area (Å²) in [4.78, 5) is 29.5. The maximum atomic E-state index is 13.9. The summed E-state index contributed by atoms with van der Waals surface area (Å²) in [6.07, 6.45) is 8.95. The Bertz CT molecular complexity index is 1520. The molecule has 46 heavy (non-hydrogen) atoms. The second-order valence-corrected chi connectivity index (χ2v) is 12.1. The molecule has 2 unspecified atom stereocenters. The Hall–Kier alpha value is -4.45. The number of carbonyl (C=O) groups excluding carboxylic acids is 1. The zero-order valence-electron chi connectivity index (χ0n) is 28.4. The first-order valence-electron chi connectivity index (χ1n) is 16.7. The SMILES string of the molecule is CCCCC(CC)CN(CC(CC)CCCC)C(=O)c1ccc(N=Nc2c(C)c(C#N)c(O)n(N(C)c3ccccc3)c2=O)cc1. The van der Waals surface area contributed by atoms with Gasteiger partial charge < -0.3 is 10.0 Å². The predicted octanol–water partition coefficient (Wildman–Crippen LogP) is 8.92. The number of hydrogen-bond acceptors (Lipinski definition) is 7. The third kappa shape index (κ3) is 9.06. The molecule has 3 rings (SSSR count). The minimum Gasteiger partial charge on any atom is -0.492 e. The number of nitrogens with zero attached hydrogens (tertiary/aromatic N) is 6. The Morgan fingerprint density at radius 1 is 0.913 bits per heavy atom. The number of anilines is 1. The summed E-state index contributed by atoms with van der Waals surface area (Å²) in [5, 5.41) is 30.6. The normalized spacial score (nSPS) is 12.5. The molecular weight excluding hydrogens is 576 g/mol. The molecule has 9 nitrogen and oxygen atoms in total. The largest absolute Gasteiger partial charge is 0.492 e. The van der Waals surface area contributed by atoms with Gasteiger partial charge in [0.2, 0.25) is 5.88 Å². The van der Waals surface area contributed by atoms with E-state index in [-0.39, 0.29) is 22.7 Å². The first kappa shape index (κ1) is 36.0. The molecule has 2 aromatic carbocycles. The van der Waals surface area contributed by atoms with Crippen LogP contribution < -0.4 is 10.6 Å². The van der Waals surface area contributed by atoms with Gasteiger partial charge in [-0.05, 0) is 68.0 Å². The number of rotatable bonds is 17. The highest BCUT2D eigenvalue weighted by atomic mass is 16.3. The van der Waals surface area contributed by atoms with Gasteiger partial charge in [-0.25, -0.2) is 0 Å². The molecular formula is C37H50N6O3. The molecule has 0 bridgehead atoms. The molecule has 1 N–H and O–H groups in total. The summed E-state index contributed by atoms with van der Waals surface area (Å²) in [6, 6.07) is 18.0. The van der Waals surface area contributed by atoms with Crippen molar-refractivity contribution in [2.24, 2.45) is 22.1 Å². The molecule has 1 heterocycles. The molecule has 0 fully saturated rings. The maximum Gasteiger partial charge on any atom is 0.300 e. The third-order valence-corrected chi connectivity index (χ3v) is 8.80. The Kier molecular flexibility index (Phi) is 14.0. The molecule has 0 saturated carbocycles. The maximum absolute atomic E-state index is 13.9. The minimum absolute atomic E-state index is 0.0215. The van der Waals surface area contributed by atoms with Gasteiger partial charge in [0.05, 0.1) is 11.4 Å². The van der Waals surface area contributed by atoms with Crippen molar-refractivity contribution in [1.29, 1.82) is 5.26 Å². The first-order chi connectivity index (χ1) is 22.2. The van der Waals surface area contributed by atoms with Gasteiger partial charge in [0.25, 0.3) is 5.91 Å². The van der Waals surface area contributed by atoms with E-state index in [2.05, 4.69) is 42.8 Å². The van der Waals surface area contributed by atoms with Gasteiger partial charge in [-0.15, -0.1) is 5.11 Å². The van der Waals surface area contributed by atoms with Crippen LogP contribution in [0.15, 0.2) is 69.6 Å². The number of aromatic nitrogens is 1. The molecule has 1 aromatic heterocycles. The number of benzene rings is 2. The van der Waals surface area contributed by atoms with Crippen molar-refractivity contribution in [2.45, 2.75) is 86.0 Å². The number of azo groups is 1. The van der Waals surface area contributed by atoms with Crippen molar-refractivity contribution >= 4 is 23.0 Å². The van der Waals surface area contributed by atoms with Crippen LogP contribution in [0.5, 0.6) is 5.88 Å². The smallest absolute Gasteiger partial charge is 0.300 e. The fourth-order valence-electron chi connectivity index (χ4n) is 5.70. The number of pyridine rings is 1. The highest BCUT2D eigenvalue weighted by Gasteiger charge is 2.24. The van der Waals surface area contributed by atoms with Gasteiger partial charge in [-0.1, -0.05) is 84.4 Å². The number of nitriles is 1. The lowest BCUT2D eigenvalue weighted by Gasteiger charge is -2.31. The molecule has 0 saturated heterocycles. The molecule has 0 aliphatic rings. The Labute approximate surface area is 274 Å². The quantitative estimate of drug-likeness (QED) is 0.150. The fourth-order valence-corrected chi connectivity index (χ4v) is 5.70. The van der Waals surface area contributed by atoms with Crippen molar-refractivity contribution in [1.82, 2.24) is 9.58 Å². The third-order valence-electron chi connectivity index (χ3n) is 8.80. The minimum atomic E-state index is -0.617. The van der Waals surface area contributed by atoms with Crippen LogP contribution in [0.25, 0.3) is 0 Å². The molecule has 3 aromatic rings. The predicted molar refractivity (Wildman–Crippen MR) is 185 cm³/mol. The number of carbonyl (C=O) groups is 1. The van der Waals surface area contributed by atoms with E-state index in [1.807, 2.05) is 24.3 Å². The highest BCUT2D eigenvalue weighted by molar-refractivity contribution is 5.94. The zero-order chi connectivity index (χ0) is 33.6. The van der Waals surface area contributed by atoms with E-state index in [0.29, 0.717) is 28.8 Å². The van der Waals surface area contributed by atoms with Crippen LogP contribution in [-0.4, -0.2) is 40.7 Å². The van der Waals surface area contributed by atoms with E-state index in [0.717, 1.165) is 69.1 Å². The molecule has 0 radical (unpaired) electrons. The van der Waals surface area contributed by atoms with E-state index in [4.69, 9.17) is 0 Å². The highest BCUT2D eigenvalue weighted by Crippen LogP contribution is 2.29. The van der Waals surface area contributed by atoms with Crippen LogP contribution in [0.2, 0.25) is 0 Å². The average Bonchev–Trinajstić information content (AvgIpc) is 3.08. The summed E-state index contributed by atoms with van der Waals surface area (Å²) in [5.41, 5.74) is 1.18. The number of hydrogen-bond donors (Lipinski definition) is 1. The first-order valence-corrected chi connectivity index (χ1v) is 16.7. The molecule has 0 aliphatic heterocycles. The van der Waals surface area contributed by atoms with Crippen molar-refractivity contribution in [3.8, 4) is 11.9 Å². The van der Waals surface area contributed by atoms with Gasteiger partial charge in [0.15, 0.2) is 5.69 Å². The molecule has 1 amide bonds. The van der Waals surface area contributed by atoms with Crippen LogP contribution in [-0.2, 0) is 0 Å². The number of unbranched alkanes of at least 4 members (excludes halogenated alkanes) is 2. The number of amides is 1. The van der Waals surface area contributed by atoms with Gasteiger partial charge in [0, 0.05) is 31.3 Å². The second-order valence-electron chi connectivity index (χ2n) is 12.1. The van der Waals surface area contributed by atoms with Gasteiger partial charge in [0.1, 0.15) is 11.6 Å². The van der Waals surface area contributed by atoms with Gasteiger partial charge in [-0.2, -0.15) is 15.1 Å². The van der Waals surface area contributed by atoms with Crippen LogP contribution in [0, 0.1) is 30.1 Å². The van der Waals surface area contributed by atoms with Crippen LogP contribution in [0.1, 0.15) is 101 Å². The Morgan fingerprint density at radius 3 is 1.98 bits per heavy atom. The number of para-hydroxylation sites is 1. The molecule has 0 aliphatic carbocycles. The van der Waals surface area contributed by atoms with Crippen molar-refractivity contribution < 1.29 is 9.90 Å². The zero-order valence-corrected chi connectivity index (χ0v) is 28.4. The Balaban J connectivity index is 1.91. The molecule has 246 valence electrons. The van der Waals surface area contributed by atoms with Gasteiger partial charge in [-0.3, -0.25) is 14.6 Å². The van der Waals surface area contributed by atoms with Gasteiger partial charge >= 0.3 is 5.56 Å². The fraction of sp³-hybridized carbons (Fsp3) is 0.486. The standard InChI is InChI=1S/C37H50N6O3/c1-7-11-16-28(9-3)25-42(26-29(10-4)17-12-8-2)35(44)30-20-22-31(23-21-30)39-40-34-27(5)33(24-38)36(45)43(37(34)46)41(6)32-18-14-13-15-19-32/h13-15,18-23,28-29,45H,7-12,16-17,25-26H2,1-6H3. The Morgan fingerprint density at radius 2 is 1.48 bits per heavy atom. The number of aromatic hydroxyl groups is 1. The molecule has 9 heteroatoms. The average molecular weight is 627 g/mol. The van der Waals surface area contributed by atoms with Crippen LogP contribution in [0.4, 0.5) is 17.1 Å². The second kappa shape index (κ2) is 17.9. The van der Waals surface area contributed by atoms with E-state index in [1.165, 1.54) is 5.01 Å². The summed E-state index contributed by atoms with van der Waals surface area (Å²) in [5.74, 6) is 0.492. The van der Waals surface area contributed by atoms with Crippen molar-refractivity contribution in [3.05, 3.63) is 81.6 Å². The van der Waals surface area contributed by atoms with E-state index in [9.17, 15) is 20.0 Å². The summed E-state index contributed by atoms with van der Waals surface area (Å²) < 4.78 is 1.01. The lowest BCUT2D eigenvalue weighted by molar-refractivity contribution is 0.0685. The van der Waals surface area contributed by atoms with Crippen molar-refractivity contribution in [2.75, 3.05) is 25.1 Å². The van der Waals surface area contributed by atoms with Crippen LogP contribution >= 0.6 is 0 Å².